The van der Waals surface area contributed by atoms with Gasteiger partial charge in [-0.25, -0.2) is 0 Å². The molecule has 0 radical (unpaired) electrons. The highest BCUT2D eigenvalue weighted by molar-refractivity contribution is 4.75. The number of hydrogen-bond donors (Lipinski definition) is 0. The van der Waals surface area contributed by atoms with Gasteiger partial charge in [0.15, 0.2) is 0 Å². The Morgan fingerprint density at radius 3 is 2.00 bits per heavy atom. The van der Waals surface area contributed by atoms with Crippen LogP contribution in [-0.2, 0) is 4.74 Å². The van der Waals surface area contributed by atoms with Gasteiger partial charge in [-0.2, -0.15) is 13.2 Å². The van der Waals surface area contributed by atoms with Crippen molar-refractivity contribution < 1.29 is 17.9 Å². The Balaban J connectivity index is 4.12. The second kappa shape index (κ2) is 5.01. The minimum atomic E-state index is -4.23. The van der Waals surface area contributed by atoms with E-state index in [0.29, 0.717) is 18.8 Å². The van der Waals surface area contributed by atoms with Gasteiger partial charge in [0.05, 0.1) is 5.60 Å². The van der Waals surface area contributed by atoms with Crippen molar-refractivity contribution in [2.45, 2.75) is 52.3 Å². The Hall–Kier alpha value is -0.250. The van der Waals surface area contributed by atoms with Gasteiger partial charge in [-0.05, 0) is 25.7 Å². The quantitative estimate of drug-likeness (QED) is 0.673. The van der Waals surface area contributed by atoms with E-state index in [1.54, 1.807) is 6.92 Å². The zero-order valence-electron chi connectivity index (χ0n) is 9.24. The summed E-state index contributed by atoms with van der Waals surface area (Å²) in [4.78, 5) is 0. The molecular weight excluding hydrogens is 193 g/mol. The third-order valence-corrected chi connectivity index (χ3v) is 2.17. The Labute approximate surface area is 83.6 Å². The van der Waals surface area contributed by atoms with Gasteiger partial charge in [-0.3, -0.25) is 0 Å². The maximum absolute atomic E-state index is 11.9. The molecule has 0 saturated heterocycles. The van der Waals surface area contributed by atoms with E-state index in [1.165, 1.54) is 0 Å². The second-order valence-electron chi connectivity index (χ2n) is 4.31. The summed E-state index contributed by atoms with van der Waals surface area (Å²) in [6.45, 7) is 6.39. The van der Waals surface area contributed by atoms with Gasteiger partial charge in [0, 0.05) is 0 Å². The second-order valence-corrected chi connectivity index (χ2v) is 4.31. The SMILES string of the molecule is CCC(C)(CC(C)C)OCC(F)(F)F. The highest BCUT2D eigenvalue weighted by Gasteiger charge is 2.33. The predicted octanol–water partition coefficient (Wildman–Crippen LogP) is 3.78. The molecule has 0 fully saturated rings. The van der Waals surface area contributed by atoms with Crippen molar-refractivity contribution in [1.29, 1.82) is 0 Å². The molecule has 1 unspecified atom stereocenters. The van der Waals surface area contributed by atoms with Crippen LogP contribution >= 0.6 is 0 Å². The molecule has 0 aliphatic heterocycles. The maximum Gasteiger partial charge on any atom is 0.411 e. The molecule has 4 heteroatoms. The molecule has 0 aromatic rings. The molecule has 0 rings (SSSR count). The van der Waals surface area contributed by atoms with E-state index in [-0.39, 0.29) is 0 Å². The van der Waals surface area contributed by atoms with Crippen LogP contribution in [0.4, 0.5) is 13.2 Å². The zero-order valence-corrected chi connectivity index (χ0v) is 9.24. The Kier molecular flexibility index (Phi) is 4.92. The van der Waals surface area contributed by atoms with Gasteiger partial charge in [-0.1, -0.05) is 20.8 Å². The van der Waals surface area contributed by atoms with Crippen LogP contribution in [0, 0.1) is 5.92 Å². The van der Waals surface area contributed by atoms with Crippen LogP contribution in [0.25, 0.3) is 0 Å². The summed E-state index contributed by atoms with van der Waals surface area (Å²) in [6, 6.07) is 0. The van der Waals surface area contributed by atoms with Crippen molar-refractivity contribution in [1.82, 2.24) is 0 Å². The molecular formula is C10H19F3O. The summed E-state index contributed by atoms with van der Waals surface area (Å²) in [5.74, 6) is 0.341. The Morgan fingerprint density at radius 2 is 1.71 bits per heavy atom. The van der Waals surface area contributed by atoms with Gasteiger partial charge in [-0.15, -0.1) is 0 Å². The van der Waals surface area contributed by atoms with Crippen LogP contribution in [0.15, 0.2) is 0 Å². The van der Waals surface area contributed by atoms with E-state index in [4.69, 9.17) is 4.74 Å². The first-order valence-corrected chi connectivity index (χ1v) is 4.89. The lowest BCUT2D eigenvalue weighted by Crippen LogP contribution is -2.34. The first-order chi connectivity index (χ1) is 6.18. The number of halogens is 3. The molecule has 0 aliphatic rings. The summed E-state index contributed by atoms with van der Waals surface area (Å²) in [6.07, 6.45) is -2.98. The van der Waals surface area contributed by atoms with Crippen LogP contribution in [0.3, 0.4) is 0 Å². The lowest BCUT2D eigenvalue weighted by Gasteiger charge is -2.30. The minimum absolute atomic E-state index is 0.341. The molecule has 0 aromatic carbocycles. The summed E-state index contributed by atoms with van der Waals surface area (Å²) >= 11 is 0. The van der Waals surface area contributed by atoms with E-state index < -0.39 is 18.4 Å². The highest BCUT2D eigenvalue weighted by Crippen LogP contribution is 2.27. The van der Waals surface area contributed by atoms with Crippen molar-refractivity contribution in [2.75, 3.05) is 6.61 Å². The molecule has 0 amide bonds. The van der Waals surface area contributed by atoms with Crippen LogP contribution in [0.2, 0.25) is 0 Å². The average molecular weight is 212 g/mol. The summed E-state index contributed by atoms with van der Waals surface area (Å²) in [5.41, 5.74) is -0.649. The number of hydrogen-bond acceptors (Lipinski definition) is 1. The van der Waals surface area contributed by atoms with Crippen molar-refractivity contribution in [2.24, 2.45) is 5.92 Å². The maximum atomic E-state index is 11.9. The minimum Gasteiger partial charge on any atom is -0.366 e. The standard InChI is InChI=1S/C10H19F3O/c1-5-9(4,6-8(2)3)14-7-10(11,12)13/h8H,5-7H2,1-4H3. The van der Waals surface area contributed by atoms with Gasteiger partial charge < -0.3 is 4.74 Å². The molecule has 0 aliphatic carbocycles. The molecule has 0 heterocycles. The molecule has 0 spiro atoms. The van der Waals surface area contributed by atoms with Gasteiger partial charge >= 0.3 is 6.18 Å². The molecule has 1 atom stereocenters. The molecule has 1 nitrogen and oxygen atoms in total. The monoisotopic (exact) mass is 212 g/mol. The Morgan fingerprint density at radius 1 is 1.21 bits per heavy atom. The largest absolute Gasteiger partial charge is 0.411 e. The smallest absolute Gasteiger partial charge is 0.366 e. The predicted molar refractivity (Wildman–Crippen MR) is 50.2 cm³/mol. The van der Waals surface area contributed by atoms with Gasteiger partial charge in [0.2, 0.25) is 0 Å². The third-order valence-electron chi connectivity index (χ3n) is 2.17. The van der Waals surface area contributed by atoms with E-state index in [0.717, 1.165) is 0 Å². The molecule has 14 heavy (non-hydrogen) atoms. The zero-order chi connectivity index (χ0) is 11.4. The van der Waals surface area contributed by atoms with Gasteiger partial charge in [0.25, 0.3) is 0 Å². The van der Waals surface area contributed by atoms with Crippen LogP contribution in [0.1, 0.15) is 40.5 Å². The molecule has 0 aromatic heterocycles. The lowest BCUT2D eigenvalue weighted by molar-refractivity contribution is -0.205. The van der Waals surface area contributed by atoms with Crippen LogP contribution < -0.4 is 0 Å². The van der Waals surface area contributed by atoms with Gasteiger partial charge in [0.1, 0.15) is 6.61 Å². The fourth-order valence-corrected chi connectivity index (χ4v) is 1.42. The van der Waals surface area contributed by atoms with Crippen molar-refractivity contribution in [3.8, 4) is 0 Å². The first-order valence-electron chi connectivity index (χ1n) is 4.89. The summed E-state index contributed by atoms with van der Waals surface area (Å²) in [5, 5.41) is 0. The number of alkyl halides is 3. The average Bonchev–Trinajstić information content (AvgIpc) is 1.99. The molecule has 0 saturated carbocycles. The fraction of sp³-hybridized carbons (Fsp3) is 1.00. The van der Waals surface area contributed by atoms with E-state index in [1.807, 2.05) is 20.8 Å². The van der Waals surface area contributed by atoms with Crippen LogP contribution in [-0.4, -0.2) is 18.4 Å². The fourth-order valence-electron chi connectivity index (χ4n) is 1.42. The normalized spacial score (nSPS) is 17.1. The third kappa shape index (κ3) is 6.24. The highest BCUT2D eigenvalue weighted by atomic mass is 19.4. The van der Waals surface area contributed by atoms with E-state index >= 15 is 0 Å². The van der Waals surface area contributed by atoms with E-state index in [9.17, 15) is 13.2 Å². The Bertz CT molecular complexity index is 165. The lowest BCUT2D eigenvalue weighted by atomic mass is 9.92. The molecule has 86 valence electrons. The van der Waals surface area contributed by atoms with Crippen LogP contribution in [0.5, 0.6) is 0 Å². The summed E-state index contributed by atoms with van der Waals surface area (Å²) < 4.78 is 40.7. The first kappa shape index (κ1) is 13.8. The van der Waals surface area contributed by atoms with Crippen molar-refractivity contribution in [3.05, 3.63) is 0 Å². The molecule has 0 N–H and O–H groups in total. The summed E-state index contributed by atoms with van der Waals surface area (Å²) in [7, 11) is 0. The van der Waals surface area contributed by atoms with E-state index in [2.05, 4.69) is 0 Å². The number of ether oxygens (including phenoxy) is 1. The van der Waals surface area contributed by atoms with Crippen molar-refractivity contribution in [3.63, 3.8) is 0 Å². The number of rotatable bonds is 5. The van der Waals surface area contributed by atoms with Crippen molar-refractivity contribution >= 4 is 0 Å². The topological polar surface area (TPSA) is 9.23 Å². The molecule has 0 bridgehead atoms.